The van der Waals surface area contributed by atoms with Crippen LogP contribution in [0.4, 0.5) is 11.4 Å². The van der Waals surface area contributed by atoms with E-state index in [1.807, 2.05) is 0 Å². The second kappa shape index (κ2) is 6.48. The number of anilines is 2. The summed E-state index contributed by atoms with van der Waals surface area (Å²) in [6.45, 7) is 0. The van der Waals surface area contributed by atoms with Crippen LogP contribution in [0.3, 0.4) is 0 Å². The van der Waals surface area contributed by atoms with E-state index in [4.69, 9.17) is 0 Å². The lowest BCUT2D eigenvalue weighted by molar-refractivity contribution is 0.0600. The molecule has 1 saturated carbocycles. The molecule has 0 unspecified atom stereocenters. The Morgan fingerprint density at radius 1 is 1.09 bits per heavy atom. The lowest BCUT2D eigenvalue weighted by atomic mass is 10.2. The Labute approximate surface area is 133 Å². The number of benzene rings is 1. The SMILES string of the molecule is COC(=O)c1ccc(Nc2cncc(C(=O)NC3CC3)c2)cc1. The number of methoxy groups -OCH3 is 1. The van der Waals surface area contributed by atoms with Crippen molar-refractivity contribution < 1.29 is 14.3 Å². The highest BCUT2D eigenvalue weighted by molar-refractivity contribution is 5.95. The van der Waals surface area contributed by atoms with Crippen molar-refractivity contribution in [3.8, 4) is 0 Å². The summed E-state index contributed by atoms with van der Waals surface area (Å²) in [4.78, 5) is 27.5. The van der Waals surface area contributed by atoms with E-state index < -0.39 is 0 Å². The predicted molar refractivity (Wildman–Crippen MR) is 85.8 cm³/mol. The standard InChI is InChI=1S/C17H17N3O3/c1-23-17(22)11-2-4-13(5-3-11)19-15-8-12(9-18-10-15)16(21)20-14-6-7-14/h2-5,8-10,14,19H,6-7H2,1H3,(H,20,21). The van der Waals surface area contributed by atoms with Crippen LogP contribution in [0.1, 0.15) is 33.6 Å². The maximum Gasteiger partial charge on any atom is 0.337 e. The first-order valence-electron chi connectivity index (χ1n) is 7.37. The highest BCUT2D eigenvalue weighted by Crippen LogP contribution is 2.21. The molecule has 3 rings (SSSR count). The zero-order valence-electron chi connectivity index (χ0n) is 12.7. The first kappa shape index (κ1) is 15.0. The maximum absolute atomic E-state index is 12.0. The summed E-state index contributed by atoms with van der Waals surface area (Å²) in [5.74, 6) is -0.485. The molecule has 1 heterocycles. The fourth-order valence-electron chi connectivity index (χ4n) is 2.10. The zero-order chi connectivity index (χ0) is 16.2. The molecule has 118 valence electrons. The third-order valence-electron chi connectivity index (χ3n) is 3.51. The highest BCUT2D eigenvalue weighted by Gasteiger charge is 2.23. The number of aromatic nitrogens is 1. The minimum atomic E-state index is -0.378. The molecule has 1 aliphatic rings. The van der Waals surface area contributed by atoms with Gasteiger partial charge in [-0.3, -0.25) is 9.78 Å². The molecular weight excluding hydrogens is 294 g/mol. The van der Waals surface area contributed by atoms with Crippen molar-refractivity contribution in [1.82, 2.24) is 10.3 Å². The van der Waals surface area contributed by atoms with Crippen LogP contribution in [0.2, 0.25) is 0 Å². The van der Waals surface area contributed by atoms with Crippen LogP contribution in [0, 0.1) is 0 Å². The smallest absolute Gasteiger partial charge is 0.337 e. The van der Waals surface area contributed by atoms with Gasteiger partial charge in [-0.05, 0) is 43.2 Å². The van der Waals surface area contributed by atoms with E-state index in [1.54, 1.807) is 42.7 Å². The highest BCUT2D eigenvalue weighted by atomic mass is 16.5. The Hall–Kier alpha value is -2.89. The molecule has 1 fully saturated rings. The van der Waals surface area contributed by atoms with Crippen molar-refractivity contribution in [2.75, 3.05) is 12.4 Å². The number of rotatable bonds is 5. The molecule has 1 aromatic carbocycles. The normalized spacial score (nSPS) is 13.3. The summed E-state index contributed by atoms with van der Waals surface area (Å²) in [5.41, 5.74) is 2.50. The van der Waals surface area contributed by atoms with Gasteiger partial charge in [-0.25, -0.2) is 4.79 Å². The van der Waals surface area contributed by atoms with Crippen LogP contribution in [0.25, 0.3) is 0 Å². The van der Waals surface area contributed by atoms with Gasteiger partial charge in [0.25, 0.3) is 5.91 Å². The van der Waals surface area contributed by atoms with Gasteiger partial charge in [0, 0.05) is 17.9 Å². The summed E-state index contributed by atoms with van der Waals surface area (Å²) in [7, 11) is 1.35. The van der Waals surface area contributed by atoms with Gasteiger partial charge in [-0.2, -0.15) is 0 Å². The average Bonchev–Trinajstić information content (AvgIpc) is 3.39. The minimum absolute atomic E-state index is 0.107. The molecule has 0 bridgehead atoms. The van der Waals surface area contributed by atoms with Gasteiger partial charge in [-0.15, -0.1) is 0 Å². The van der Waals surface area contributed by atoms with E-state index in [0.29, 0.717) is 22.9 Å². The number of nitrogens with zero attached hydrogens (tertiary/aromatic N) is 1. The number of amides is 1. The molecular formula is C17H17N3O3. The van der Waals surface area contributed by atoms with E-state index in [2.05, 4.69) is 20.4 Å². The molecule has 0 saturated heterocycles. The number of nitrogens with one attached hydrogen (secondary N) is 2. The Morgan fingerprint density at radius 3 is 2.48 bits per heavy atom. The summed E-state index contributed by atoms with van der Waals surface area (Å²) in [6, 6.07) is 8.94. The van der Waals surface area contributed by atoms with Crippen molar-refractivity contribution in [2.45, 2.75) is 18.9 Å². The van der Waals surface area contributed by atoms with Crippen LogP contribution in [-0.2, 0) is 4.74 Å². The van der Waals surface area contributed by atoms with Gasteiger partial charge in [0.1, 0.15) is 0 Å². The summed E-state index contributed by atoms with van der Waals surface area (Å²) < 4.78 is 4.66. The van der Waals surface area contributed by atoms with Crippen molar-refractivity contribution in [3.63, 3.8) is 0 Å². The van der Waals surface area contributed by atoms with Crippen molar-refractivity contribution in [3.05, 3.63) is 53.9 Å². The van der Waals surface area contributed by atoms with Crippen LogP contribution < -0.4 is 10.6 Å². The van der Waals surface area contributed by atoms with Gasteiger partial charge in [-0.1, -0.05) is 0 Å². The lowest BCUT2D eigenvalue weighted by Gasteiger charge is -2.09. The number of carbonyl (C=O) groups is 2. The molecule has 1 aliphatic carbocycles. The van der Waals surface area contributed by atoms with E-state index in [0.717, 1.165) is 18.5 Å². The number of carbonyl (C=O) groups excluding carboxylic acids is 2. The van der Waals surface area contributed by atoms with Gasteiger partial charge < -0.3 is 15.4 Å². The third-order valence-corrected chi connectivity index (χ3v) is 3.51. The maximum atomic E-state index is 12.0. The first-order valence-corrected chi connectivity index (χ1v) is 7.37. The number of ether oxygens (including phenoxy) is 1. The second-order valence-corrected chi connectivity index (χ2v) is 5.40. The Balaban J connectivity index is 1.69. The number of hydrogen-bond donors (Lipinski definition) is 2. The van der Waals surface area contributed by atoms with Crippen LogP contribution in [-0.4, -0.2) is 30.0 Å². The molecule has 2 N–H and O–H groups in total. The lowest BCUT2D eigenvalue weighted by Crippen LogP contribution is -2.25. The van der Waals surface area contributed by atoms with Gasteiger partial charge >= 0.3 is 5.97 Å². The Kier molecular flexibility index (Phi) is 4.23. The molecule has 1 amide bonds. The number of esters is 1. The van der Waals surface area contributed by atoms with Crippen molar-refractivity contribution >= 4 is 23.3 Å². The number of hydrogen-bond acceptors (Lipinski definition) is 5. The summed E-state index contributed by atoms with van der Waals surface area (Å²) >= 11 is 0. The molecule has 1 aromatic heterocycles. The first-order chi connectivity index (χ1) is 11.2. The van der Waals surface area contributed by atoms with Crippen molar-refractivity contribution in [1.29, 1.82) is 0 Å². The second-order valence-electron chi connectivity index (χ2n) is 5.40. The largest absolute Gasteiger partial charge is 0.465 e. The topological polar surface area (TPSA) is 80.3 Å². The molecule has 0 aliphatic heterocycles. The van der Waals surface area contributed by atoms with Gasteiger partial charge in [0.05, 0.1) is 30.1 Å². The fourth-order valence-corrected chi connectivity index (χ4v) is 2.10. The van der Waals surface area contributed by atoms with Crippen LogP contribution >= 0.6 is 0 Å². The summed E-state index contributed by atoms with van der Waals surface area (Å²) in [6.07, 6.45) is 5.28. The molecule has 0 spiro atoms. The van der Waals surface area contributed by atoms with Crippen molar-refractivity contribution in [2.24, 2.45) is 0 Å². The average molecular weight is 311 g/mol. The molecule has 2 aromatic rings. The fraction of sp³-hybridized carbons (Fsp3) is 0.235. The molecule has 23 heavy (non-hydrogen) atoms. The van der Waals surface area contributed by atoms with Crippen LogP contribution in [0.15, 0.2) is 42.7 Å². The number of pyridine rings is 1. The zero-order valence-corrected chi connectivity index (χ0v) is 12.7. The van der Waals surface area contributed by atoms with E-state index in [9.17, 15) is 9.59 Å². The predicted octanol–water partition coefficient (Wildman–Crippen LogP) is 2.50. The Morgan fingerprint density at radius 2 is 1.83 bits per heavy atom. The third kappa shape index (κ3) is 3.85. The quantitative estimate of drug-likeness (QED) is 0.829. The minimum Gasteiger partial charge on any atom is -0.465 e. The summed E-state index contributed by atoms with van der Waals surface area (Å²) in [5, 5.41) is 6.09. The van der Waals surface area contributed by atoms with Gasteiger partial charge in [0.15, 0.2) is 0 Å². The molecule has 0 atom stereocenters. The van der Waals surface area contributed by atoms with Gasteiger partial charge in [0.2, 0.25) is 0 Å². The van der Waals surface area contributed by atoms with E-state index >= 15 is 0 Å². The molecule has 0 radical (unpaired) electrons. The monoisotopic (exact) mass is 311 g/mol. The van der Waals surface area contributed by atoms with E-state index in [1.165, 1.54) is 7.11 Å². The van der Waals surface area contributed by atoms with E-state index in [-0.39, 0.29) is 11.9 Å². The Bertz CT molecular complexity index is 724. The van der Waals surface area contributed by atoms with Crippen LogP contribution in [0.5, 0.6) is 0 Å². The molecule has 6 heteroatoms. The molecule has 6 nitrogen and oxygen atoms in total.